The van der Waals surface area contributed by atoms with Gasteiger partial charge in [-0.3, -0.25) is 0 Å². The molecule has 1 unspecified atom stereocenters. The van der Waals surface area contributed by atoms with Crippen LogP contribution >= 0.6 is 0 Å². The molecule has 2 aliphatic rings. The smallest absolute Gasteiger partial charge is 0.0621 e. The van der Waals surface area contributed by atoms with E-state index in [0.717, 1.165) is 38.5 Å². The molecule has 0 aliphatic heterocycles. The van der Waals surface area contributed by atoms with Gasteiger partial charge in [-0.05, 0) is 25.7 Å². The van der Waals surface area contributed by atoms with Crippen molar-refractivity contribution in [1.29, 1.82) is 0 Å². The number of hydrogen-bond donors (Lipinski definition) is 2. The van der Waals surface area contributed by atoms with Crippen molar-refractivity contribution >= 4 is 0 Å². The predicted octanol–water partition coefficient (Wildman–Crippen LogP) is 2.62. The Kier molecular flexibility index (Phi) is 3.68. The van der Waals surface area contributed by atoms with E-state index in [0.29, 0.717) is 0 Å². The second-order valence-electron chi connectivity index (χ2n) is 5.46. The number of hydrogen-bond acceptors (Lipinski definition) is 2. The van der Waals surface area contributed by atoms with Crippen LogP contribution in [0.1, 0.15) is 64.2 Å². The van der Waals surface area contributed by atoms with Crippen molar-refractivity contribution in [2.24, 2.45) is 5.41 Å². The molecule has 0 heterocycles. The van der Waals surface area contributed by atoms with Gasteiger partial charge in [-0.2, -0.15) is 0 Å². The minimum absolute atomic E-state index is 0.140. The molecule has 0 saturated heterocycles. The van der Waals surface area contributed by atoms with Crippen molar-refractivity contribution in [3.63, 3.8) is 0 Å². The van der Waals surface area contributed by atoms with Gasteiger partial charge in [0.05, 0.1) is 12.2 Å². The Morgan fingerprint density at radius 1 is 0.667 bits per heavy atom. The highest BCUT2D eigenvalue weighted by molar-refractivity contribution is 4.95. The molecule has 88 valence electrons. The van der Waals surface area contributed by atoms with Gasteiger partial charge in [-0.1, -0.05) is 38.5 Å². The molecular formula is C13H24O2. The van der Waals surface area contributed by atoms with Gasteiger partial charge >= 0.3 is 0 Å². The molecule has 2 nitrogen and oxygen atoms in total. The van der Waals surface area contributed by atoms with Crippen molar-refractivity contribution in [1.82, 2.24) is 0 Å². The van der Waals surface area contributed by atoms with Gasteiger partial charge in [-0.15, -0.1) is 0 Å². The number of aliphatic hydroxyl groups is 2. The molecule has 0 aromatic heterocycles. The minimum Gasteiger partial charge on any atom is -0.392 e. The Bertz CT molecular complexity index is 205. The molecule has 0 aromatic carbocycles. The summed E-state index contributed by atoms with van der Waals surface area (Å²) in [4.78, 5) is 0. The molecule has 0 amide bonds. The Balaban J connectivity index is 2.11. The van der Waals surface area contributed by atoms with Crippen molar-refractivity contribution in [3.05, 3.63) is 0 Å². The van der Waals surface area contributed by atoms with Gasteiger partial charge in [0.15, 0.2) is 0 Å². The molecular weight excluding hydrogens is 188 g/mol. The molecule has 2 fully saturated rings. The Morgan fingerprint density at radius 2 is 1.13 bits per heavy atom. The topological polar surface area (TPSA) is 40.5 Å². The quantitative estimate of drug-likeness (QED) is 0.648. The van der Waals surface area contributed by atoms with E-state index in [4.69, 9.17) is 0 Å². The zero-order chi connectivity index (χ0) is 10.7. The summed E-state index contributed by atoms with van der Waals surface area (Å²) < 4.78 is 0. The first-order chi connectivity index (χ1) is 7.26. The van der Waals surface area contributed by atoms with Crippen LogP contribution in [0, 0.1) is 5.41 Å². The third-order valence-corrected chi connectivity index (χ3v) is 4.57. The van der Waals surface area contributed by atoms with Gasteiger partial charge in [0.2, 0.25) is 0 Å². The van der Waals surface area contributed by atoms with Crippen molar-refractivity contribution < 1.29 is 10.2 Å². The number of rotatable bonds is 0. The maximum atomic E-state index is 10.3. The zero-order valence-electron chi connectivity index (χ0n) is 9.62. The summed E-state index contributed by atoms with van der Waals surface area (Å²) in [7, 11) is 0. The zero-order valence-corrected chi connectivity index (χ0v) is 9.62. The Hall–Kier alpha value is -0.0800. The van der Waals surface area contributed by atoms with Gasteiger partial charge < -0.3 is 10.2 Å². The fourth-order valence-corrected chi connectivity index (χ4v) is 3.53. The van der Waals surface area contributed by atoms with Crippen LogP contribution in [0.3, 0.4) is 0 Å². The summed E-state index contributed by atoms with van der Waals surface area (Å²) in [5.74, 6) is 0. The summed E-state index contributed by atoms with van der Waals surface area (Å²) in [6.45, 7) is 0. The van der Waals surface area contributed by atoms with Crippen molar-refractivity contribution in [3.8, 4) is 0 Å². The number of aliphatic hydroxyl groups excluding tert-OH is 2. The van der Waals surface area contributed by atoms with E-state index >= 15 is 0 Å². The van der Waals surface area contributed by atoms with Crippen LogP contribution in [0.15, 0.2) is 0 Å². The summed E-state index contributed by atoms with van der Waals surface area (Å²) >= 11 is 0. The molecule has 0 bridgehead atoms. The van der Waals surface area contributed by atoms with Gasteiger partial charge in [0, 0.05) is 5.41 Å². The molecule has 15 heavy (non-hydrogen) atoms. The summed E-state index contributed by atoms with van der Waals surface area (Å²) in [6.07, 6.45) is 10.5. The monoisotopic (exact) mass is 212 g/mol. The van der Waals surface area contributed by atoms with Crippen LogP contribution < -0.4 is 0 Å². The van der Waals surface area contributed by atoms with Crippen LogP contribution in [0.4, 0.5) is 0 Å². The average molecular weight is 212 g/mol. The highest BCUT2D eigenvalue weighted by Gasteiger charge is 2.45. The van der Waals surface area contributed by atoms with Crippen LogP contribution in [0.5, 0.6) is 0 Å². The SMILES string of the molecule is OC1CCCCCC[C@]12CCCC[C@@H]2O. The van der Waals surface area contributed by atoms with Crippen LogP contribution in [-0.4, -0.2) is 22.4 Å². The van der Waals surface area contributed by atoms with E-state index in [1.165, 1.54) is 25.7 Å². The highest BCUT2D eigenvalue weighted by Crippen LogP contribution is 2.46. The summed E-state index contributed by atoms with van der Waals surface area (Å²) in [5, 5.41) is 20.5. The van der Waals surface area contributed by atoms with Crippen LogP contribution in [0.2, 0.25) is 0 Å². The molecule has 0 aromatic rings. The average Bonchev–Trinajstić information content (AvgIpc) is 2.23. The standard InChI is InChI=1S/C13H24O2/c14-11-7-3-1-2-5-9-13(11)10-6-4-8-12(13)15/h11-12,14-15H,1-10H2/t11?,12-,13-/m0/s1. The van der Waals surface area contributed by atoms with Crippen molar-refractivity contribution in [2.75, 3.05) is 0 Å². The lowest BCUT2D eigenvalue weighted by Gasteiger charge is -2.46. The van der Waals surface area contributed by atoms with Gasteiger partial charge in [-0.25, -0.2) is 0 Å². The summed E-state index contributed by atoms with van der Waals surface area (Å²) in [6, 6.07) is 0. The van der Waals surface area contributed by atoms with Gasteiger partial charge in [0.1, 0.15) is 0 Å². The third-order valence-electron chi connectivity index (χ3n) is 4.57. The molecule has 1 spiro atoms. The molecule has 2 heteroatoms. The molecule has 2 N–H and O–H groups in total. The van der Waals surface area contributed by atoms with E-state index in [1.807, 2.05) is 0 Å². The van der Waals surface area contributed by atoms with Crippen molar-refractivity contribution in [2.45, 2.75) is 76.4 Å². The van der Waals surface area contributed by atoms with E-state index in [1.54, 1.807) is 0 Å². The fourth-order valence-electron chi connectivity index (χ4n) is 3.53. The largest absolute Gasteiger partial charge is 0.392 e. The Morgan fingerprint density at radius 3 is 1.80 bits per heavy atom. The van der Waals surface area contributed by atoms with E-state index in [-0.39, 0.29) is 17.6 Å². The third kappa shape index (κ3) is 2.21. The van der Waals surface area contributed by atoms with Gasteiger partial charge in [0.25, 0.3) is 0 Å². The highest BCUT2D eigenvalue weighted by atomic mass is 16.3. The normalized spacial score (nSPS) is 43.6. The second kappa shape index (κ2) is 4.84. The van der Waals surface area contributed by atoms with Crippen LogP contribution in [-0.2, 0) is 0 Å². The van der Waals surface area contributed by atoms with E-state index in [2.05, 4.69) is 0 Å². The first-order valence-corrected chi connectivity index (χ1v) is 6.62. The maximum Gasteiger partial charge on any atom is 0.0621 e. The maximum absolute atomic E-state index is 10.3. The first kappa shape index (κ1) is 11.4. The minimum atomic E-state index is -0.256. The van der Waals surface area contributed by atoms with E-state index < -0.39 is 0 Å². The fraction of sp³-hybridized carbons (Fsp3) is 1.00. The molecule has 2 aliphatic carbocycles. The molecule has 0 radical (unpaired) electrons. The molecule has 2 saturated carbocycles. The Labute approximate surface area is 92.7 Å². The summed E-state index contributed by atoms with van der Waals surface area (Å²) in [5.41, 5.74) is -0.140. The predicted molar refractivity (Wildman–Crippen MR) is 60.6 cm³/mol. The van der Waals surface area contributed by atoms with Crippen LogP contribution in [0.25, 0.3) is 0 Å². The second-order valence-corrected chi connectivity index (χ2v) is 5.46. The van der Waals surface area contributed by atoms with E-state index in [9.17, 15) is 10.2 Å². The lowest BCUT2D eigenvalue weighted by molar-refractivity contribution is -0.107. The first-order valence-electron chi connectivity index (χ1n) is 6.62. The molecule has 3 atom stereocenters. The molecule has 2 rings (SSSR count). The lowest BCUT2D eigenvalue weighted by Crippen LogP contribution is -2.47. The lowest BCUT2D eigenvalue weighted by atomic mass is 9.63.